The molecule has 0 aliphatic carbocycles. The predicted molar refractivity (Wildman–Crippen MR) is 102 cm³/mol. The Balaban J connectivity index is 1.74. The normalized spacial score (nSPS) is 21.6. The topological polar surface area (TPSA) is 60.0 Å². The molecule has 6 heteroatoms. The Kier molecular flexibility index (Phi) is 4.90. The summed E-state index contributed by atoms with van der Waals surface area (Å²) < 4.78 is 16.6. The van der Waals surface area contributed by atoms with Gasteiger partial charge in [-0.2, -0.15) is 0 Å². The molecule has 2 atom stereocenters. The number of para-hydroxylation sites is 1. The molecule has 1 amide bonds. The molecule has 6 nitrogen and oxygen atoms in total. The highest BCUT2D eigenvalue weighted by Crippen LogP contribution is 2.36. The van der Waals surface area contributed by atoms with Gasteiger partial charge >= 0.3 is 0 Å². The van der Waals surface area contributed by atoms with Gasteiger partial charge in [0.2, 0.25) is 0 Å². The number of anilines is 1. The minimum atomic E-state index is -0.319. The van der Waals surface area contributed by atoms with Gasteiger partial charge < -0.3 is 24.4 Å². The van der Waals surface area contributed by atoms with Gasteiger partial charge in [0.15, 0.2) is 0 Å². The maximum Gasteiger partial charge on any atom is 0.257 e. The van der Waals surface area contributed by atoms with E-state index in [-0.39, 0.29) is 18.2 Å². The van der Waals surface area contributed by atoms with E-state index in [4.69, 9.17) is 14.2 Å². The number of hydrogen-bond acceptors (Lipinski definition) is 5. The van der Waals surface area contributed by atoms with Gasteiger partial charge in [-0.3, -0.25) is 4.79 Å². The van der Waals surface area contributed by atoms with Crippen LogP contribution in [0.5, 0.6) is 11.5 Å². The van der Waals surface area contributed by atoms with E-state index in [1.807, 2.05) is 47.4 Å². The van der Waals surface area contributed by atoms with E-state index in [0.717, 1.165) is 30.7 Å². The van der Waals surface area contributed by atoms with Crippen LogP contribution in [0.25, 0.3) is 0 Å². The highest BCUT2D eigenvalue weighted by atomic mass is 16.5. The molecule has 2 aliphatic heterocycles. The molecule has 2 aliphatic rings. The molecule has 27 heavy (non-hydrogen) atoms. The molecular formula is C21H24N2O4. The lowest BCUT2D eigenvalue weighted by molar-refractivity contribution is 0.0426. The largest absolute Gasteiger partial charge is 0.497 e. The quantitative estimate of drug-likeness (QED) is 0.876. The summed E-state index contributed by atoms with van der Waals surface area (Å²) in [4.78, 5) is 15.1. The van der Waals surface area contributed by atoms with Crippen LogP contribution in [0, 0.1) is 0 Å². The van der Waals surface area contributed by atoms with Gasteiger partial charge in [-0.15, -0.1) is 0 Å². The van der Waals surface area contributed by atoms with Crippen molar-refractivity contribution in [3.8, 4) is 11.5 Å². The van der Waals surface area contributed by atoms with Crippen LogP contribution < -0.4 is 14.8 Å². The van der Waals surface area contributed by atoms with Gasteiger partial charge in [0.05, 0.1) is 25.9 Å². The number of fused-ring (bicyclic) bond motifs is 1. The minimum Gasteiger partial charge on any atom is -0.497 e. The first-order chi connectivity index (χ1) is 13.2. The third kappa shape index (κ3) is 3.45. The second kappa shape index (κ2) is 7.48. The van der Waals surface area contributed by atoms with Crippen LogP contribution in [0.3, 0.4) is 0 Å². The zero-order valence-electron chi connectivity index (χ0n) is 15.6. The average Bonchev–Trinajstić information content (AvgIpc) is 3.22. The van der Waals surface area contributed by atoms with Crippen LogP contribution in [0.15, 0.2) is 42.5 Å². The predicted octanol–water partition coefficient (Wildman–Crippen LogP) is 3.45. The number of rotatable bonds is 5. The number of nitrogens with zero attached hydrogens (tertiary/aromatic N) is 1. The first-order valence-electron chi connectivity index (χ1n) is 9.20. The molecule has 1 saturated heterocycles. The SMILES string of the molecule is COc1cc(OC)cc([C@H]2Nc3ccccc3C(=O)N2C[C@H]2CCCO2)c1. The van der Waals surface area contributed by atoms with E-state index < -0.39 is 0 Å². The van der Waals surface area contributed by atoms with Gasteiger partial charge in [-0.05, 0) is 37.1 Å². The van der Waals surface area contributed by atoms with Crippen molar-refractivity contribution in [2.75, 3.05) is 32.7 Å². The summed E-state index contributed by atoms with van der Waals surface area (Å²) in [5, 5.41) is 3.51. The highest BCUT2D eigenvalue weighted by molar-refractivity contribution is 6.01. The summed E-state index contributed by atoms with van der Waals surface area (Å²) >= 11 is 0. The number of carbonyl (C=O) groups is 1. The first kappa shape index (κ1) is 17.7. The maximum absolute atomic E-state index is 13.3. The molecule has 1 fully saturated rings. The molecule has 2 heterocycles. The first-order valence-corrected chi connectivity index (χ1v) is 9.20. The molecule has 1 N–H and O–H groups in total. The molecular weight excluding hydrogens is 344 g/mol. The van der Waals surface area contributed by atoms with Gasteiger partial charge in [0.25, 0.3) is 5.91 Å². The summed E-state index contributed by atoms with van der Waals surface area (Å²) in [6.45, 7) is 1.30. The fourth-order valence-electron chi connectivity index (χ4n) is 3.74. The summed E-state index contributed by atoms with van der Waals surface area (Å²) in [5.74, 6) is 1.38. The van der Waals surface area contributed by atoms with E-state index in [1.165, 1.54) is 0 Å². The van der Waals surface area contributed by atoms with E-state index in [9.17, 15) is 4.79 Å². The molecule has 2 aromatic carbocycles. The Hall–Kier alpha value is -2.73. The van der Waals surface area contributed by atoms with Crippen molar-refractivity contribution in [1.29, 1.82) is 0 Å². The molecule has 0 bridgehead atoms. The van der Waals surface area contributed by atoms with Crippen LogP contribution in [0.1, 0.15) is 34.9 Å². The minimum absolute atomic E-state index is 0.00615. The number of nitrogens with one attached hydrogen (secondary N) is 1. The monoisotopic (exact) mass is 368 g/mol. The zero-order valence-corrected chi connectivity index (χ0v) is 15.6. The van der Waals surface area contributed by atoms with Crippen molar-refractivity contribution in [2.24, 2.45) is 0 Å². The molecule has 4 rings (SSSR count). The van der Waals surface area contributed by atoms with Crippen molar-refractivity contribution >= 4 is 11.6 Å². The summed E-state index contributed by atoms with van der Waals surface area (Å²) in [7, 11) is 3.24. The number of carbonyl (C=O) groups excluding carboxylic acids is 1. The molecule has 0 unspecified atom stereocenters. The van der Waals surface area contributed by atoms with Crippen molar-refractivity contribution in [1.82, 2.24) is 4.90 Å². The third-order valence-corrected chi connectivity index (χ3v) is 5.14. The Labute approximate surface area is 159 Å². The smallest absolute Gasteiger partial charge is 0.257 e. The number of hydrogen-bond donors (Lipinski definition) is 1. The summed E-state index contributed by atoms with van der Waals surface area (Å²) in [5.41, 5.74) is 2.42. The Morgan fingerprint density at radius 2 is 1.89 bits per heavy atom. The molecule has 0 saturated carbocycles. The molecule has 142 valence electrons. The Morgan fingerprint density at radius 1 is 1.15 bits per heavy atom. The Morgan fingerprint density at radius 3 is 2.56 bits per heavy atom. The number of amides is 1. The van der Waals surface area contributed by atoms with Crippen molar-refractivity contribution < 1.29 is 19.0 Å². The average molecular weight is 368 g/mol. The van der Waals surface area contributed by atoms with Gasteiger partial charge in [0.1, 0.15) is 17.7 Å². The van der Waals surface area contributed by atoms with Crippen LogP contribution in [0.2, 0.25) is 0 Å². The summed E-state index contributed by atoms with van der Waals surface area (Å²) in [6, 6.07) is 13.3. The van der Waals surface area contributed by atoms with Gasteiger partial charge in [-0.25, -0.2) is 0 Å². The second-order valence-corrected chi connectivity index (χ2v) is 6.83. The second-order valence-electron chi connectivity index (χ2n) is 6.83. The van der Waals surface area contributed by atoms with Gasteiger partial charge in [-0.1, -0.05) is 12.1 Å². The van der Waals surface area contributed by atoms with Crippen molar-refractivity contribution in [3.63, 3.8) is 0 Å². The number of benzene rings is 2. The van der Waals surface area contributed by atoms with Crippen molar-refractivity contribution in [2.45, 2.75) is 25.1 Å². The molecule has 2 aromatic rings. The fourth-order valence-corrected chi connectivity index (χ4v) is 3.74. The van der Waals surface area contributed by atoms with Crippen LogP contribution >= 0.6 is 0 Å². The highest BCUT2D eigenvalue weighted by Gasteiger charge is 2.35. The summed E-state index contributed by atoms with van der Waals surface area (Å²) in [6.07, 6.45) is 1.75. The van der Waals surface area contributed by atoms with E-state index in [0.29, 0.717) is 23.6 Å². The van der Waals surface area contributed by atoms with E-state index >= 15 is 0 Å². The molecule has 0 spiro atoms. The van der Waals surface area contributed by atoms with Crippen LogP contribution in [0.4, 0.5) is 5.69 Å². The number of ether oxygens (including phenoxy) is 3. The van der Waals surface area contributed by atoms with Crippen LogP contribution in [-0.4, -0.2) is 44.3 Å². The van der Waals surface area contributed by atoms with Crippen molar-refractivity contribution in [3.05, 3.63) is 53.6 Å². The number of methoxy groups -OCH3 is 2. The third-order valence-electron chi connectivity index (χ3n) is 5.14. The molecule has 0 aromatic heterocycles. The lowest BCUT2D eigenvalue weighted by Gasteiger charge is -2.39. The zero-order chi connectivity index (χ0) is 18.8. The van der Waals surface area contributed by atoms with E-state index in [1.54, 1.807) is 14.2 Å². The lowest BCUT2D eigenvalue weighted by atomic mass is 10.0. The fraction of sp³-hybridized carbons (Fsp3) is 0.381. The molecule has 0 radical (unpaired) electrons. The lowest BCUT2D eigenvalue weighted by Crippen LogP contribution is -2.46. The Bertz CT molecular complexity index is 810. The maximum atomic E-state index is 13.3. The van der Waals surface area contributed by atoms with Crippen LogP contribution in [-0.2, 0) is 4.74 Å². The van der Waals surface area contributed by atoms with Gasteiger partial charge in [0, 0.05) is 30.5 Å². The standard InChI is InChI=1S/C21H24N2O4/c1-25-16-10-14(11-17(12-16)26-2)20-22-19-8-4-3-7-18(19)21(24)23(20)13-15-6-5-9-27-15/h3-4,7-8,10-12,15,20,22H,5-6,9,13H2,1-2H3/t15-,20+/m1/s1. The van der Waals surface area contributed by atoms with E-state index in [2.05, 4.69) is 5.32 Å².